The topological polar surface area (TPSA) is 58.4 Å². The lowest BCUT2D eigenvalue weighted by atomic mass is 9.92. The number of nitrogens with zero attached hydrogens (tertiary/aromatic N) is 1. The molecule has 0 unspecified atom stereocenters. The van der Waals surface area contributed by atoms with Gasteiger partial charge in [0.15, 0.2) is 0 Å². The molecule has 1 aliphatic rings. The molecule has 1 aliphatic heterocycles. The number of nitrogens with two attached hydrogens (primary N) is 1. The number of alkyl halides is 3. The van der Waals surface area contributed by atoms with E-state index in [1.165, 1.54) is 0 Å². The Balaban J connectivity index is 0.00000320. The normalized spacial score (nSPS) is 17.3. The second-order valence-electron chi connectivity index (χ2n) is 7.29. The van der Waals surface area contributed by atoms with E-state index in [0.717, 1.165) is 49.1 Å². The predicted octanol–water partition coefficient (Wildman–Crippen LogP) is 5.45. The minimum absolute atomic E-state index is 0. The Morgan fingerprint density at radius 3 is 2.63 bits per heavy atom. The highest BCUT2D eigenvalue weighted by atomic mass is 35.5. The third-order valence-electron chi connectivity index (χ3n) is 5.32. The summed E-state index contributed by atoms with van der Waals surface area (Å²) in [5.41, 5.74) is 5.63. The van der Waals surface area contributed by atoms with Crippen LogP contribution in [0.4, 0.5) is 18.9 Å². The van der Waals surface area contributed by atoms with Gasteiger partial charge in [0, 0.05) is 18.2 Å². The summed E-state index contributed by atoms with van der Waals surface area (Å²) < 4.78 is 39.4. The maximum absolute atomic E-state index is 13.1. The van der Waals surface area contributed by atoms with Crippen molar-refractivity contribution < 1.29 is 18.0 Å². The highest BCUT2D eigenvalue weighted by Gasteiger charge is 2.35. The molecule has 1 atom stereocenters. The van der Waals surface area contributed by atoms with Gasteiger partial charge in [-0.15, -0.1) is 12.4 Å². The van der Waals surface area contributed by atoms with Crippen LogP contribution in [-0.2, 0) is 12.7 Å². The van der Waals surface area contributed by atoms with Crippen LogP contribution >= 0.6 is 24.0 Å². The predicted molar refractivity (Wildman–Crippen MR) is 115 cm³/mol. The highest BCUT2D eigenvalue weighted by Crippen LogP contribution is 2.38. The zero-order valence-corrected chi connectivity index (χ0v) is 18.0. The summed E-state index contributed by atoms with van der Waals surface area (Å²) in [6, 6.07) is 9.96. The second kappa shape index (κ2) is 9.90. The lowest BCUT2D eigenvalue weighted by molar-refractivity contribution is -0.136. The fourth-order valence-corrected chi connectivity index (χ4v) is 3.97. The van der Waals surface area contributed by atoms with E-state index in [-0.39, 0.29) is 35.6 Å². The van der Waals surface area contributed by atoms with Crippen LogP contribution in [0.1, 0.15) is 52.4 Å². The van der Waals surface area contributed by atoms with Gasteiger partial charge in [-0.25, -0.2) is 0 Å². The minimum Gasteiger partial charge on any atom is -0.397 e. The lowest BCUT2D eigenvalue weighted by Gasteiger charge is -2.34. The van der Waals surface area contributed by atoms with Crippen LogP contribution < -0.4 is 11.1 Å². The van der Waals surface area contributed by atoms with Crippen LogP contribution in [0.2, 0.25) is 5.02 Å². The molecule has 2 aromatic rings. The Hall–Kier alpha value is -1.96. The summed E-state index contributed by atoms with van der Waals surface area (Å²) in [5, 5.41) is 2.41. The summed E-state index contributed by atoms with van der Waals surface area (Å²) in [4.78, 5) is 14.8. The number of carbonyl (C=O) groups is 1. The first-order chi connectivity index (χ1) is 13.7. The van der Waals surface area contributed by atoms with Crippen molar-refractivity contribution >= 4 is 35.6 Å². The van der Waals surface area contributed by atoms with E-state index in [0.29, 0.717) is 0 Å². The number of amides is 1. The van der Waals surface area contributed by atoms with Crippen LogP contribution in [0.25, 0.3) is 0 Å². The van der Waals surface area contributed by atoms with Gasteiger partial charge in [0.2, 0.25) is 0 Å². The Bertz CT molecular complexity index is 906. The molecular formula is C21H24Cl2F3N3O. The molecule has 164 valence electrons. The number of benzene rings is 2. The van der Waals surface area contributed by atoms with Gasteiger partial charge in [0.05, 0.1) is 16.3 Å². The van der Waals surface area contributed by atoms with Gasteiger partial charge in [-0.1, -0.05) is 42.3 Å². The summed E-state index contributed by atoms with van der Waals surface area (Å²) in [6.45, 7) is 1.22. The molecule has 9 heteroatoms. The van der Waals surface area contributed by atoms with E-state index in [1.54, 1.807) is 0 Å². The summed E-state index contributed by atoms with van der Waals surface area (Å²) in [7, 11) is 2.08. The van der Waals surface area contributed by atoms with Gasteiger partial charge in [0.1, 0.15) is 0 Å². The number of hydrogen-bond donors (Lipinski definition) is 2. The number of nitrogen functional groups attached to an aromatic ring is 1. The Kier molecular flexibility index (Phi) is 8.02. The average molecular weight is 462 g/mol. The number of carbonyl (C=O) groups excluding carboxylic acids is 1. The van der Waals surface area contributed by atoms with E-state index in [9.17, 15) is 18.0 Å². The average Bonchev–Trinajstić information content (AvgIpc) is 2.68. The van der Waals surface area contributed by atoms with E-state index >= 15 is 0 Å². The first-order valence-corrected chi connectivity index (χ1v) is 9.78. The number of hydrogen-bond acceptors (Lipinski definition) is 3. The monoisotopic (exact) mass is 461 g/mol. The molecule has 0 bridgehead atoms. The molecule has 4 nitrogen and oxygen atoms in total. The quantitative estimate of drug-likeness (QED) is 0.595. The van der Waals surface area contributed by atoms with E-state index in [4.69, 9.17) is 17.3 Å². The van der Waals surface area contributed by atoms with Crippen molar-refractivity contribution in [2.45, 2.75) is 38.0 Å². The molecule has 0 aliphatic carbocycles. The van der Waals surface area contributed by atoms with Crippen molar-refractivity contribution in [2.75, 3.05) is 19.3 Å². The van der Waals surface area contributed by atoms with Crippen LogP contribution in [0.5, 0.6) is 0 Å². The molecule has 1 saturated heterocycles. The van der Waals surface area contributed by atoms with E-state index in [1.807, 2.05) is 24.3 Å². The minimum atomic E-state index is -4.69. The molecule has 1 fully saturated rings. The van der Waals surface area contributed by atoms with E-state index in [2.05, 4.69) is 17.3 Å². The van der Waals surface area contributed by atoms with Gasteiger partial charge in [-0.2, -0.15) is 13.2 Å². The smallest absolute Gasteiger partial charge is 0.397 e. The molecule has 2 aromatic carbocycles. The standard InChI is InChI=1S/C21H23ClF3N3O.ClH/c1-28-9-5-4-8-18(28)15-7-3-2-6-13(15)12-27-20(29)14-10-16(21(23,24)25)19(26)17(22)11-14;/h2-3,6-7,10-11,18H,4-5,8-9,12,26H2,1H3,(H,27,29);1H/t18-;/m1./s1. The third kappa shape index (κ3) is 5.39. The number of likely N-dealkylation sites (tertiary alicyclic amines) is 1. The SMILES string of the molecule is CN1CCCC[C@@H]1c1ccccc1CNC(=O)c1cc(Cl)c(N)c(C(F)(F)F)c1.Cl. The maximum atomic E-state index is 13.1. The number of anilines is 1. The third-order valence-corrected chi connectivity index (χ3v) is 5.63. The summed E-state index contributed by atoms with van der Waals surface area (Å²) in [6.07, 6.45) is -1.36. The van der Waals surface area contributed by atoms with Gasteiger partial charge < -0.3 is 11.1 Å². The van der Waals surface area contributed by atoms with Gasteiger partial charge in [-0.3, -0.25) is 9.69 Å². The van der Waals surface area contributed by atoms with Crippen molar-refractivity contribution in [1.82, 2.24) is 10.2 Å². The summed E-state index contributed by atoms with van der Waals surface area (Å²) in [5.74, 6) is -0.635. The number of nitrogens with one attached hydrogen (secondary N) is 1. The van der Waals surface area contributed by atoms with Crippen molar-refractivity contribution in [3.8, 4) is 0 Å². The maximum Gasteiger partial charge on any atom is 0.418 e. The van der Waals surface area contributed by atoms with E-state index < -0.39 is 23.3 Å². The number of halogens is 5. The Morgan fingerprint density at radius 1 is 1.27 bits per heavy atom. The zero-order chi connectivity index (χ0) is 21.2. The van der Waals surface area contributed by atoms with Crippen molar-refractivity contribution in [3.63, 3.8) is 0 Å². The fraction of sp³-hybridized carbons (Fsp3) is 0.381. The lowest BCUT2D eigenvalue weighted by Crippen LogP contribution is -2.31. The Labute approximate surface area is 185 Å². The first kappa shape index (κ1) is 24.3. The largest absolute Gasteiger partial charge is 0.418 e. The van der Waals surface area contributed by atoms with Gasteiger partial charge >= 0.3 is 6.18 Å². The van der Waals surface area contributed by atoms with Crippen LogP contribution in [0, 0.1) is 0 Å². The first-order valence-electron chi connectivity index (χ1n) is 9.41. The molecule has 1 heterocycles. The zero-order valence-electron chi connectivity index (χ0n) is 16.4. The molecular weight excluding hydrogens is 438 g/mol. The molecule has 30 heavy (non-hydrogen) atoms. The molecule has 0 radical (unpaired) electrons. The molecule has 0 saturated carbocycles. The van der Waals surface area contributed by atoms with Crippen molar-refractivity contribution in [2.24, 2.45) is 0 Å². The molecule has 3 rings (SSSR count). The Morgan fingerprint density at radius 2 is 1.97 bits per heavy atom. The fourth-order valence-electron chi connectivity index (χ4n) is 3.75. The van der Waals surface area contributed by atoms with Crippen LogP contribution in [-0.4, -0.2) is 24.4 Å². The molecule has 0 spiro atoms. The van der Waals surface area contributed by atoms with Crippen LogP contribution in [0.3, 0.4) is 0 Å². The number of rotatable bonds is 4. The van der Waals surface area contributed by atoms with Crippen molar-refractivity contribution in [1.29, 1.82) is 0 Å². The second-order valence-corrected chi connectivity index (χ2v) is 7.70. The van der Waals surface area contributed by atoms with Crippen molar-refractivity contribution in [3.05, 3.63) is 63.7 Å². The molecule has 0 aromatic heterocycles. The van der Waals surface area contributed by atoms with Gasteiger partial charge in [-0.05, 0) is 49.7 Å². The van der Waals surface area contributed by atoms with Crippen LogP contribution in [0.15, 0.2) is 36.4 Å². The summed E-state index contributed by atoms with van der Waals surface area (Å²) >= 11 is 5.82. The molecule has 3 N–H and O–H groups in total. The van der Waals surface area contributed by atoms with Gasteiger partial charge in [0.25, 0.3) is 5.91 Å². The highest BCUT2D eigenvalue weighted by molar-refractivity contribution is 6.33. The molecule has 1 amide bonds. The number of piperidine rings is 1.